The molecule has 0 bridgehead atoms. The molecule has 2 atom stereocenters. The Morgan fingerprint density at radius 3 is 2.46 bits per heavy atom. The first-order valence-electron chi connectivity index (χ1n) is 9.74. The van der Waals surface area contributed by atoms with Crippen LogP contribution in [-0.2, 0) is 9.59 Å². The van der Waals surface area contributed by atoms with Gasteiger partial charge in [0.1, 0.15) is 0 Å². The molecule has 0 aromatic rings. The minimum absolute atomic E-state index is 0.285. The number of nitrogens with zero attached hydrogens (tertiary/aromatic N) is 2. The molecule has 0 aromatic heterocycles. The maximum Gasteiger partial charge on any atom is 0.316 e. The summed E-state index contributed by atoms with van der Waals surface area (Å²) in [4.78, 5) is 29.3. The van der Waals surface area contributed by atoms with Crippen molar-refractivity contribution in [3.05, 3.63) is 23.4 Å². The van der Waals surface area contributed by atoms with E-state index in [2.05, 4.69) is 12.2 Å². The van der Waals surface area contributed by atoms with Crippen LogP contribution in [0, 0.1) is 11.8 Å². The average Bonchev–Trinajstić information content (AvgIpc) is 2.66. The lowest BCUT2D eigenvalue weighted by atomic mass is 9.82. The highest BCUT2D eigenvalue weighted by molar-refractivity contribution is 6.35. The quantitative estimate of drug-likeness (QED) is 0.506. The number of likely N-dealkylation sites (tertiary alicyclic amines) is 2. The molecule has 0 spiro atoms. The third-order valence-electron chi connectivity index (χ3n) is 6.30. The minimum Gasteiger partial charge on any atom is -0.330 e. The molecule has 0 N–H and O–H groups in total. The van der Waals surface area contributed by atoms with E-state index in [0.29, 0.717) is 24.9 Å². The van der Waals surface area contributed by atoms with Crippen molar-refractivity contribution in [2.45, 2.75) is 57.8 Å². The third kappa shape index (κ3) is 2.91. The van der Waals surface area contributed by atoms with E-state index in [9.17, 15) is 9.59 Å². The van der Waals surface area contributed by atoms with Crippen molar-refractivity contribution in [1.82, 2.24) is 9.80 Å². The van der Waals surface area contributed by atoms with E-state index < -0.39 is 0 Å². The van der Waals surface area contributed by atoms with Gasteiger partial charge in [-0.3, -0.25) is 9.59 Å². The zero-order chi connectivity index (χ0) is 16.5. The van der Waals surface area contributed by atoms with Gasteiger partial charge in [0.05, 0.1) is 0 Å². The molecule has 4 aliphatic rings. The summed E-state index contributed by atoms with van der Waals surface area (Å²) in [5, 5.41) is 0. The van der Waals surface area contributed by atoms with E-state index in [4.69, 9.17) is 0 Å². The molecule has 4 rings (SSSR count). The number of carbonyl (C=O) groups excluding carboxylic acids is 2. The molecule has 24 heavy (non-hydrogen) atoms. The molecule has 2 amide bonds. The van der Waals surface area contributed by atoms with Gasteiger partial charge in [0.25, 0.3) is 0 Å². The Morgan fingerprint density at radius 2 is 1.58 bits per heavy atom. The summed E-state index contributed by atoms with van der Waals surface area (Å²) in [6.45, 7) is 2.13. The van der Waals surface area contributed by atoms with Gasteiger partial charge < -0.3 is 9.80 Å². The summed E-state index contributed by atoms with van der Waals surface area (Å²) in [5.74, 6) is 0.573. The molecule has 2 heterocycles. The van der Waals surface area contributed by atoms with Gasteiger partial charge in [-0.2, -0.15) is 0 Å². The fourth-order valence-corrected chi connectivity index (χ4v) is 4.96. The number of amides is 2. The summed E-state index contributed by atoms with van der Waals surface area (Å²) in [6, 6.07) is 0. The van der Waals surface area contributed by atoms with Crippen LogP contribution in [0.15, 0.2) is 23.4 Å². The van der Waals surface area contributed by atoms with Gasteiger partial charge in [0.2, 0.25) is 0 Å². The number of rotatable bonds is 0. The molecular formula is C20H28N2O2. The van der Waals surface area contributed by atoms with Crippen LogP contribution in [-0.4, -0.2) is 41.2 Å². The number of hydrogen-bond acceptors (Lipinski definition) is 2. The van der Waals surface area contributed by atoms with Gasteiger partial charge in [-0.25, -0.2) is 0 Å². The molecule has 4 heteroatoms. The number of fused-ring (bicyclic) bond motifs is 2. The maximum absolute atomic E-state index is 12.9. The van der Waals surface area contributed by atoms with Gasteiger partial charge in [0.15, 0.2) is 0 Å². The smallest absolute Gasteiger partial charge is 0.316 e. The lowest BCUT2D eigenvalue weighted by Crippen LogP contribution is -2.50. The van der Waals surface area contributed by atoms with E-state index in [1.54, 1.807) is 9.80 Å². The Labute approximate surface area is 144 Å². The highest BCUT2D eigenvalue weighted by Crippen LogP contribution is 2.36. The first kappa shape index (κ1) is 15.9. The number of carbonyl (C=O) groups is 2. The molecule has 4 nitrogen and oxygen atoms in total. The maximum atomic E-state index is 12.9. The second-order valence-corrected chi connectivity index (χ2v) is 7.78. The average molecular weight is 328 g/mol. The number of hydrogen-bond donors (Lipinski definition) is 0. The van der Waals surface area contributed by atoms with Crippen LogP contribution in [0.3, 0.4) is 0 Å². The SMILES string of the molecule is O=C(C(=O)N1CCCC2CCCC=C21)N1CCC2CCCC=C2C1. The van der Waals surface area contributed by atoms with E-state index in [0.717, 1.165) is 37.9 Å². The van der Waals surface area contributed by atoms with Crippen molar-refractivity contribution < 1.29 is 9.59 Å². The van der Waals surface area contributed by atoms with Crippen molar-refractivity contribution in [1.29, 1.82) is 0 Å². The lowest BCUT2D eigenvalue weighted by Gasteiger charge is -2.40. The largest absolute Gasteiger partial charge is 0.330 e. The fraction of sp³-hybridized carbons (Fsp3) is 0.700. The Hall–Kier alpha value is -1.58. The lowest BCUT2D eigenvalue weighted by molar-refractivity contribution is -0.151. The van der Waals surface area contributed by atoms with Crippen molar-refractivity contribution in [2.75, 3.05) is 19.6 Å². The van der Waals surface area contributed by atoms with Gasteiger partial charge in [-0.05, 0) is 69.6 Å². The van der Waals surface area contributed by atoms with Crippen LogP contribution in [0.4, 0.5) is 0 Å². The standard InChI is InChI=1S/C20H28N2O2/c23-19(21-13-11-15-6-1-2-8-17(15)14-21)20(24)22-12-5-9-16-7-3-4-10-18(16)22/h8,10,15-16H,1-7,9,11-14H2. The third-order valence-corrected chi connectivity index (χ3v) is 6.30. The highest BCUT2D eigenvalue weighted by atomic mass is 16.2. The van der Waals surface area contributed by atoms with Crippen LogP contribution in [0.2, 0.25) is 0 Å². The Balaban J connectivity index is 1.47. The first-order valence-corrected chi connectivity index (χ1v) is 9.74. The van der Waals surface area contributed by atoms with Gasteiger partial charge in [-0.1, -0.05) is 17.7 Å². The normalized spacial score (nSPS) is 30.0. The van der Waals surface area contributed by atoms with Gasteiger partial charge in [-0.15, -0.1) is 0 Å². The molecule has 2 fully saturated rings. The summed E-state index contributed by atoms with van der Waals surface area (Å²) >= 11 is 0. The van der Waals surface area contributed by atoms with Gasteiger partial charge in [0, 0.05) is 25.3 Å². The van der Waals surface area contributed by atoms with E-state index >= 15 is 0 Å². The topological polar surface area (TPSA) is 40.6 Å². The summed E-state index contributed by atoms with van der Waals surface area (Å²) < 4.78 is 0. The predicted molar refractivity (Wildman–Crippen MR) is 93.0 cm³/mol. The van der Waals surface area contributed by atoms with Crippen molar-refractivity contribution in [3.8, 4) is 0 Å². The van der Waals surface area contributed by atoms with Crippen molar-refractivity contribution in [2.24, 2.45) is 11.8 Å². The molecule has 0 radical (unpaired) electrons. The highest BCUT2D eigenvalue weighted by Gasteiger charge is 2.37. The molecule has 2 unspecified atom stereocenters. The molecule has 0 aromatic carbocycles. The molecule has 2 aliphatic carbocycles. The summed E-state index contributed by atoms with van der Waals surface area (Å²) in [5.41, 5.74) is 2.53. The van der Waals surface area contributed by atoms with Crippen LogP contribution in [0.25, 0.3) is 0 Å². The van der Waals surface area contributed by atoms with E-state index in [1.165, 1.54) is 37.7 Å². The molecule has 130 valence electrons. The van der Waals surface area contributed by atoms with Crippen LogP contribution in [0.1, 0.15) is 57.8 Å². The van der Waals surface area contributed by atoms with E-state index in [-0.39, 0.29) is 11.8 Å². The van der Waals surface area contributed by atoms with E-state index in [1.807, 2.05) is 0 Å². The number of allylic oxidation sites excluding steroid dienone is 3. The molecule has 0 saturated carbocycles. The first-order chi connectivity index (χ1) is 11.7. The summed E-state index contributed by atoms with van der Waals surface area (Å²) in [6.07, 6.45) is 14.8. The zero-order valence-corrected chi connectivity index (χ0v) is 14.5. The predicted octanol–water partition coefficient (Wildman–Crippen LogP) is 3.25. The van der Waals surface area contributed by atoms with Crippen molar-refractivity contribution >= 4 is 11.8 Å². The summed E-state index contributed by atoms with van der Waals surface area (Å²) in [7, 11) is 0. The van der Waals surface area contributed by atoms with Crippen LogP contribution < -0.4 is 0 Å². The number of piperidine rings is 2. The Kier molecular flexibility index (Phi) is 4.47. The monoisotopic (exact) mass is 328 g/mol. The van der Waals surface area contributed by atoms with Crippen LogP contribution in [0.5, 0.6) is 0 Å². The second kappa shape index (κ2) is 6.73. The fourth-order valence-electron chi connectivity index (χ4n) is 4.96. The van der Waals surface area contributed by atoms with Gasteiger partial charge >= 0.3 is 11.8 Å². The zero-order valence-electron chi connectivity index (χ0n) is 14.5. The second-order valence-electron chi connectivity index (χ2n) is 7.78. The molecular weight excluding hydrogens is 300 g/mol. The van der Waals surface area contributed by atoms with Crippen molar-refractivity contribution in [3.63, 3.8) is 0 Å². The molecule has 2 saturated heterocycles. The van der Waals surface area contributed by atoms with Crippen LogP contribution >= 0.6 is 0 Å². The minimum atomic E-state index is -0.289. The Bertz CT molecular complexity index is 592. The molecule has 2 aliphatic heterocycles. The Morgan fingerprint density at radius 1 is 0.833 bits per heavy atom.